The molecule has 21 heavy (non-hydrogen) atoms. The normalized spacial score (nSPS) is 19.2. The van der Waals surface area contributed by atoms with Crippen molar-refractivity contribution in [3.63, 3.8) is 0 Å². The highest BCUT2D eigenvalue weighted by molar-refractivity contribution is 7.13. The van der Waals surface area contributed by atoms with E-state index in [0.29, 0.717) is 18.2 Å². The monoisotopic (exact) mass is 312 g/mol. The van der Waals surface area contributed by atoms with Gasteiger partial charge in [0.2, 0.25) is 11.0 Å². The van der Waals surface area contributed by atoms with Crippen LogP contribution in [0.5, 0.6) is 0 Å². The summed E-state index contributed by atoms with van der Waals surface area (Å²) < 4.78 is 5.35. The third kappa shape index (κ3) is 4.66. The van der Waals surface area contributed by atoms with E-state index < -0.39 is 5.60 Å². The maximum atomic E-state index is 12.2. The number of nitrogens with zero attached hydrogens (tertiary/aromatic N) is 3. The molecule has 0 spiro atoms. The van der Waals surface area contributed by atoms with Crippen molar-refractivity contribution in [3.8, 4) is 0 Å². The van der Waals surface area contributed by atoms with Gasteiger partial charge >= 0.3 is 6.09 Å². The number of ether oxygens (including phenoxy) is 1. The number of aromatic nitrogens is 2. The van der Waals surface area contributed by atoms with Crippen molar-refractivity contribution in [1.82, 2.24) is 15.1 Å². The molecule has 1 aliphatic heterocycles. The average Bonchev–Trinajstić information content (AvgIpc) is 2.90. The van der Waals surface area contributed by atoms with Crippen LogP contribution in [-0.4, -0.2) is 45.8 Å². The second-order valence-electron chi connectivity index (χ2n) is 6.00. The zero-order chi connectivity index (χ0) is 15.5. The van der Waals surface area contributed by atoms with Gasteiger partial charge in [0.25, 0.3) is 0 Å². The van der Waals surface area contributed by atoms with Crippen LogP contribution in [0.15, 0.2) is 5.51 Å². The molecular formula is C13H20N4O3S. The largest absolute Gasteiger partial charge is 0.444 e. The summed E-state index contributed by atoms with van der Waals surface area (Å²) >= 11 is 1.27. The van der Waals surface area contributed by atoms with Crippen molar-refractivity contribution in [2.24, 2.45) is 5.92 Å². The van der Waals surface area contributed by atoms with Crippen molar-refractivity contribution in [1.29, 1.82) is 0 Å². The SMILES string of the molecule is CC(C)(C)OC(=O)N1CCC[C@@H](C(=O)Nc2nncs2)C1. The summed E-state index contributed by atoms with van der Waals surface area (Å²) in [7, 11) is 0. The topological polar surface area (TPSA) is 84.4 Å². The number of hydrogen-bond donors (Lipinski definition) is 1. The Morgan fingerprint density at radius 2 is 2.24 bits per heavy atom. The molecule has 0 aliphatic carbocycles. The molecule has 2 heterocycles. The Labute approximate surface area is 127 Å². The zero-order valence-corrected chi connectivity index (χ0v) is 13.3. The van der Waals surface area contributed by atoms with Crippen molar-refractivity contribution >= 4 is 28.5 Å². The van der Waals surface area contributed by atoms with Gasteiger partial charge in [-0.05, 0) is 33.6 Å². The lowest BCUT2D eigenvalue weighted by Crippen LogP contribution is -2.45. The maximum Gasteiger partial charge on any atom is 0.410 e. The van der Waals surface area contributed by atoms with E-state index in [9.17, 15) is 9.59 Å². The third-order valence-electron chi connectivity index (χ3n) is 3.03. The molecule has 0 aromatic carbocycles. The molecule has 0 radical (unpaired) electrons. The van der Waals surface area contributed by atoms with Crippen LogP contribution in [0.2, 0.25) is 0 Å². The summed E-state index contributed by atoms with van der Waals surface area (Å²) in [6.07, 6.45) is 1.17. The van der Waals surface area contributed by atoms with E-state index in [-0.39, 0.29) is 17.9 Å². The lowest BCUT2D eigenvalue weighted by molar-refractivity contribution is -0.121. The average molecular weight is 312 g/mol. The Morgan fingerprint density at radius 1 is 1.48 bits per heavy atom. The number of carbonyl (C=O) groups is 2. The first-order chi connectivity index (χ1) is 9.85. The second kappa shape index (κ2) is 6.38. The maximum absolute atomic E-state index is 12.2. The molecule has 1 aromatic heterocycles. The first kappa shape index (κ1) is 15.7. The molecule has 1 saturated heterocycles. The van der Waals surface area contributed by atoms with Gasteiger partial charge in [-0.3, -0.25) is 4.79 Å². The predicted molar refractivity (Wildman–Crippen MR) is 79.1 cm³/mol. The van der Waals surface area contributed by atoms with Gasteiger partial charge in [-0.1, -0.05) is 11.3 Å². The minimum absolute atomic E-state index is 0.125. The van der Waals surface area contributed by atoms with Crippen molar-refractivity contribution in [3.05, 3.63) is 5.51 Å². The Morgan fingerprint density at radius 3 is 2.86 bits per heavy atom. The number of rotatable bonds is 2. The molecule has 1 aromatic rings. The summed E-state index contributed by atoms with van der Waals surface area (Å²) in [4.78, 5) is 25.8. The van der Waals surface area contributed by atoms with Gasteiger partial charge in [-0.25, -0.2) is 4.79 Å². The van der Waals surface area contributed by atoms with Crippen LogP contribution in [0.1, 0.15) is 33.6 Å². The molecule has 1 aliphatic rings. The van der Waals surface area contributed by atoms with E-state index in [1.165, 1.54) is 11.3 Å². The number of likely N-dealkylation sites (tertiary alicyclic amines) is 1. The van der Waals surface area contributed by atoms with Gasteiger partial charge in [0.1, 0.15) is 11.1 Å². The number of nitrogens with one attached hydrogen (secondary N) is 1. The Balaban J connectivity index is 1.91. The molecular weight excluding hydrogens is 292 g/mol. The highest BCUT2D eigenvalue weighted by atomic mass is 32.1. The van der Waals surface area contributed by atoms with Gasteiger partial charge in [-0.15, -0.1) is 10.2 Å². The standard InChI is InChI=1S/C13H20N4O3S/c1-13(2,3)20-12(19)17-6-4-5-9(7-17)10(18)15-11-16-14-8-21-11/h8-9H,4-7H2,1-3H3,(H,15,16,18)/t9-/m1/s1. The molecule has 2 rings (SSSR count). The van der Waals surface area contributed by atoms with Crippen LogP contribution in [0, 0.1) is 5.92 Å². The number of anilines is 1. The van der Waals surface area contributed by atoms with Crippen molar-refractivity contribution < 1.29 is 14.3 Å². The van der Waals surface area contributed by atoms with Crippen LogP contribution < -0.4 is 5.32 Å². The summed E-state index contributed by atoms with van der Waals surface area (Å²) in [5.74, 6) is -0.366. The number of hydrogen-bond acceptors (Lipinski definition) is 6. The van der Waals surface area contributed by atoms with E-state index in [2.05, 4.69) is 15.5 Å². The summed E-state index contributed by atoms with van der Waals surface area (Å²) in [5.41, 5.74) is 1.03. The van der Waals surface area contributed by atoms with E-state index in [0.717, 1.165) is 12.8 Å². The molecule has 1 atom stereocenters. The minimum Gasteiger partial charge on any atom is -0.444 e. The van der Waals surface area contributed by atoms with Gasteiger partial charge < -0.3 is 15.0 Å². The van der Waals surface area contributed by atoms with Gasteiger partial charge in [0, 0.05) is 13.1 Å². The predicted octanol–water partition coefficient (Wildman–Crippen LogP) is 2.12. The lowest BCUT2D eigenvalue weighted by atomic mass is 9.97. The van der Waals surface area contributed by atoms with Gasteiger partial charge in [0.15, 0.2) is 0 Å². The van der Waals surface area contributed by atoms with Crippen molar-refractivity contribution in [2.45, 2.75) is 39.2 Å². The molecule has 0 bridgehead atoms. The second-order valence-corrected chi connectivity index (χ2v) is 6.83. The van der Waals surface area contributed by atoms with Crippen LogP contribution in [0.25, 0.3) is 0 Å². The highest BCUT2D eigenvalue weighted by Gasteiger charge is 2.31. The zero-order valence-electron chi connectivity index (χ0n) is 12.5. The van der Waals surface area contributed by atoms with E-state index >= 15 is 0 Å². The molecule has 0 saturated carbocycles. The minimum atomic E-state index is -0.529. The number of carbonyl (C=O) groups excluding carboxylic acids is 2. The number of amides is 2. The van der Waals surface area contributed by atoms with Gasteiger partial charge in [-0.2, -0.15) is 0 Å². The lowest BCUT2D eigenvalue weighted by Gasteiger charge is -2.33. The Bertz CT molecular complexity index is 498. The first-order valence-corrected chi connectivity index (χ1v) is 7.78. The first-order valence-electron chi connectivity index (χ1n) is 6.90. The fourth-order valence-electron chi connectivity index (χ4n) is 2.12. The Hall–Kier alpha value is -1.70. The molecule has 2 amide bonds. The van der Waals surface area contributed by atoms with Crippen LogP contribution >= 0.6 is 11.3 Å². The number of piperidine rings is 1. The van der Waals surface area contributed by atoms with Crippen LogP contribution in [0.3, 0.4) is 0 Å². The fourth-order valence-corrected chi connectivity index (χ4v) is 2.57. The highest BCUT2D eigenvalue weighted by Crippen LogP contribution is 2.21. The summed E-state index contributed by atoms with van der Waals surface area (Å²) in [6.45, 7) is 6.48. The quantitative estimate of drug-likeness (QED) is 0.904. The van der Waals surface area contributed by atoms with E-state index in [4.69, 9.17) is 4.74 Å². The molecule has 7 nitrogen and oxygen atoms in total. The molecule has 1 fully saturated rings. The fraction of sp³-hybridized carbons (Fsp3) is 0.692. The summed E-state index contributed by atoms with van der Waals surface area (Å²) in [6, 6.07) is 0. The van der Waals surface area contributed by atoms with Crippen molar-refractivity contribution in [2.75, 3.05) is 18.4 Å². The van der Waals surface area contributed by atoms with E-state index in [1.54, 1.807) is 10.4 Å². The summed E-state index contributed by atoms with van der Waals surface area (Å²) in [5, 5.41) is 10.7. The van der Waals surface area contributed by atoms with Gasteiger partial charge in [0.05, 0.1) is 5.92 Å². The smallest absolute Gasteiger partial charge is 0.410 e. The Kier molecular flexibility index (Phi) is 4.76. The van der Waals surface area contributed by atoms with Crippen LogP contribution in [-0.2, 0) is 9.53 Å². The molecule has 116 valence electrons. The van der Waals surface area contributed by atoms with Crippen LogP contribution in [0.4, 0.5) is 9.93 Å². The molecule has 8 heteroatoms. The van der Waals surface area contributed by atoms with E-state index in [1.807, 2.05) is 20.8 Å². The third-order valence-corrected chi connectivity index (χ3v) is 3.64. The molecule has 0 unspecified atom stereocenters. The molecule has 1 N–H and O–H groups in total.